The number of anilines is 2. The molecule has 2 rings (SSSR count). The van der Waals surface area contributed by atoms with Crippen LogP contribution in [0.1, 0.15) is 31.9 Å². The van der Waals surface area contributed by atoms with Gasteiger partial charge in [0.15, 0.2) is 0 Å². The lowest BCUT2D eigenvalue weighted by Crippen LogP contribution is -2.47. The molecule has 0 spiro atoms. The number of carbonyl (C=O) groups excluding carboxylic acids is 1. The zero-order chi connectivity index (χ0) is 22.5. The molecule has 0 aromatic heterocycles. The number of rotatable bonds is 9. The SMILES string of the molecule is CCN(CC)c1ccc(CNC(=O)[C@H](C)N(c2ccc(C)c(Cl)c2)S(C)(=O)=O)cc1. The summed E-state index contributed by atoms with van der Waals surface area (Å²) in [5.41, 5.74) is 3.26. The summed E-state index contributed by atoms with van der Waals surface area (Å²) >= 11 is 6.16. The van der Waals surface area contributed by atoms with Crippen LogP contribution in [0.2, 0.25) is 5.02 Å². The largest absolute Gasteiger partial charge is 0.372 e. The second kappa shape index (κ2) is 10.2. The van der Waals surface area contributed by atoms with Crippen molar-refractivity contribution in [2.45, 2.75) is 40.3 Å². The molecule has 0 aliphatic carbocycles. The molecule has 0 heterocycles. The predicted molar refractivity (Wildman–Crippen MR) is 125 cm³/mol. The topological polar surface area (TPSA) is 69.7 Å². The molecule has 1 amide bonds. The Balaban J connectivity index is 2.13. The van der Waals surface area contributed by atoms with Crippen molar-refractivity contribution >= 4 is 38.9 Å². The summed E-state index contributed by atoms with van der Waals surface area (Å²) in [4.78, 5) is 15.0. The number of halogens is 1. The quantitative estimate of drug-likeness (QED) is 0.626. The first-order valence-corrected chi connectivity index (χ1v) is 12.2. The Kier molecular flexibility index (Phi) is 8.15. The van der Waals surface area contributed by atoms with Gasteiger partial charge in [-0.2, -0.15) is 0 Å². The lowest BCUT2D eigenvalue weighted by molar-refractivity contribution is -0.122. The van der Waals surface area contributed by atoms with Crippen molar-refractivity contribution in [2.75, 3.05) is 28.6 Å². The molecule has 0 aliphatic heterocycles. The minimum atomic E-state index is -3.69. The summed E-state index contributed by atoms with van der Waals surface area (Å²) in [5, 5.41) is 3.28. The Bertz CT molecular complexity index is 974. The molecule has 0 radical (unpaired) electrons. The third-order valence-electron chi connectivity index (χ3n) is 5.03. The molecule has 0 unspecified atom stereocenters. The fraction of sp³-hybridized carbons (Fsp3) is 0.409. The van der Waals surface area contributed by atoms with Gasteiger partial charge in [0, 0.05) is 30.3 Å². The minimum Gasteiger partial charge on any atom is -0.372 e. The highest BCUT2D eigenvalue weighted by Crippen LogP contribution is 2.26. The average Bonchev–Trinajstić information content (AvgIpc) is 2.69. The van der Waals surface area contributed by atoms with Crippen LogP contribution in [0.3, 0.4) is 0 Å². The third kappa shape index (κ3) is 5.89. The second-order valence-electron chi connectivity index (χ2n) is 7.22. The predicted octanol–water partition coefficient (Wildman–Crippen LogP) is 3.97. The molecule has 2 aromatic rings. The van der Waals surface area contributed by atoms with Crippen molar-refractivity contribution in [2.24, 2.45) is 0 Å². The van der Waals surface area contributed by atoms with Crippen LogP contribution >= 0.6 is 11.6 Å². The fourth-order valence-corrected chi connectivity index (χ4v) is 4.62. The molecular weight excluding hydrogens is 422 g/mol. The molecule has 0 aliphatic rings. The van der Waals surface area contributed by atoms with Crippen molar-refractivity contribution in [3.8, 4) is 0 Å². The average molecular weight is 452 g/mol. The third-order valence-corrected chi connectivity index (χ3v) is 6.68. The van der Waals surface area contributed by atoms with Gasteiger partial charge in [0.1, 0.15) is 6.04 Å². The first-order chi connectivity index (χ1) is 14.1. The Morgan fingerprint density at radius 1 is 1.07 bits per heavy atom. The normalized spacial score (nSPS) is 12.3. The van der Waals surface area contributed by atoms with Gasteiger partial charge in [0.25, 0.3) is 0 Å². The molecule has 0 saturated heterocycles. The Labute approximate surface area is 184 Å². The molecule has 6 nitrogen and oxygen atoms in total. The summed E-state index contributed by atoms with van der Waals surface area (Å²) < 4.78 is 25.9. The van der Waals surface area contributed by atoms with E-state index in [-0.39, 0.29) is 5.91 Å². The summed E-state index contributed by atoms with van der Waals surface area (Å²) in [6.07, 6.45) is 1.08. The smallest absolute Gasteiger partial charge is 0.243 e. The van der Waals surface area contributed by atoms with E-state index in [1.807, 2.05) is 31.2 Å². The van der Waals surface area contributed by atoms with Gasteiger partial charge in [-0.3, -0.25) is 9.10 Å². The van der Waals surface area contributed by atoms with Crippen LogP contribution in [-0.2, 0) is 21.4 Å². The highest BCUT2D eigenvalue weighted by molar-refractivity contribution is 7.92. The maximum Gasteiger partial charge on any atom is 0.243 e. The number of hydrogen-bond donors (Lipinski definition) is 1. The molecule has 0 bridgehead atoms. The molecule has 0 fully saturated rings. The molecule has 1 atom stereocenters. The van der Waals surface area contributed by atoms with E-state index >= 15 is 0 Å². The van der Waals surface area contributed by atoms with E-state index in [9.17, 15) is 13.2 Å². The Morgan fingerprint density at radius 2 is 1.63 bits per heavy atom. The van der Waals surface area contributed by atoms with Gasteiger partial charge in [-0.25, -0.2) is 8.42 Å². The van der Waals surface area contributed by atoms with E-state index in [2.05, 4.69) is 24.1 Å². The summed E-state index contributed by atoms with van der Waals surface area (Å²) in [6.45, 7) is 9.77. The fourth-order valence-electron chi connectivity index (χ4n) is 3.28. The standard InChI is InChI=1S/C22H30ClN3O3S/c1-6-25(7-2)19-12-9-18(10-13-19)15-24-22(27)17(4)26(30(5,28)29)20-11-8-16(3)21(23)14-20/h8-14,17H,6-7,15H2,1-5H3,(H,24,27)/t17-/m0/s1. The summed E-state index contributed by atoms with van der Waals surface area (Å²) in [7, 11) is -3.69. The number of benzene rings is 2. The van der Waals surface area contributed by atoms with Crippen molar-refractivity contribution in [1.82, 2.24) is 5.32 Å². The lowest BCUT2D eigenvalue weighted by Gasteiger charge is -2.28. The van der Waals surface area contributed by atoms with Crippen molar-refractivity contribution < 1.29 is 13.2 Å². The van der Waals surface area contributed by atoms with Crippen LogP contribution in [0, 0.1) is 6.92 Å². The number of hydrogen-bond acceptors (Lipinski definition) is 4. The zero-order valence-electron chi connectivity index (χ0n) is 18.1. The van der Waals surface area contributed by atoms with Gasteiger partial charge in [-0.15, -0.1) is 0 Å². The van der Waals surface area contributed by atoms with Crippen molar-refractivity contribution in [3.63, 3.8) is 0 Å². The molecule has 1 N–H and O–H groups in total. The van der Waals surface area contributed by atoms with Gasteiger partial charge in [-0.1, -0.05) is 29.8 Å². The lowest BCUT2D eigenvalue weighted by atomic mass is 10.1. The van der Waals surface area contributed by atoms with Crippen LogP contribution in [0.5, 0.6) is 0 Å². The van der Waals surface area contributed by atoms with Crippen molar-refractivity contribution in [1.29, 1.82) is 0 Å². The zero-order valence-corrected chi connectivity index (χ0v) is 19.7. The van der Waals surface area contributed by atoms with Gasteiger partial charge in [0.05, 0.1) is 11.9 Å². The first-order valence-electron chi connectivity index (χ1n) is 9.95. The number of amides is 1. The van der Waals surface area contributed by atoms with E-state index in [0.717, 1.165) is 40.5 Å². The number of carbonyl (C=O) groups is 1. The number of aryl methyl sites for hydroxylation is 1. The van der Waals surface area contributed by atoms with Crippen LogP contribution < -0.4 is 14.5 Å². The van der Waals surface area contributed by atoms with Crippen LogP contribution in [0.25, 0.3) is 0 Å². The maximum atomic E-state index is 12.7. The van der Waals surface area contributed by atoms with E-state index in [1.165, 1.54) is 0 Å². The maximum absolute atomic E-state index is 12.7. The second-order valence-corrected chi connectivity index (χ2v) is 9.49. The van der Waals surface area contributed by atoms with Gasteiger partial charge in [-0.05, 0) is 63.1 Å². The van der Waals surface area contributed by atoms with Gasteiger partial charge >= 0.3 is 0 Å². The number of nitrogens with one attached hydrogen (secondary N) is 1. The summed E-state index contributed by atoms with van der Waals surface area (Å²) in [5.74, 6) is -0.384. The van der Waals surface area contributed by atoms with E-state index in [4.69, 9.17) is 11.6 Å². The van der Waals surface area contributed by atoms with Crippen LogP contribution in [0.15, 0.2) is 42.5 Å². The van der Waals surface area contributed by atoms with E-state index in [1.54, 1.807) is 25.1 Å². The highest BCUT2D eigenvalue weighted by Gasteiger charge is 2.29. The molecule has 30 heavy (non-hydrogen) atoms. The monoisotopic (exact) mass is 451 g/mol. The minimum absolute atomic E-state index is 0.313. The first kappa shape index (κ1) is 24.0. The number of nitrogens with zero attached hydrogens (tertiary/aromatic N) is 2. The molecule has 8 heteroatoms. The van der Waals surface area contributed by atoms with Gasteiger partial charge < -0.3 is 10.2 Å². The molecule has 164 valence electrons. The summed E-state index contributed by atoms with van der Waals surface area (Å²) in [6, 6.07) is 12.0. The molecule has 0 saturated carbocycles. The Morgan fingerprint density at radius 3 is 2.13 bits per heavy atom. The molecule has 2 aromatic carbocycles. The van der Waals surface area contributed by atoms with Crippen LogP contribution in [0.4, 0.5) is 11.4 Å². The number of sulfonamides is 1. The van der Waals surface area contributed by atoms with Crippen LogP contribution in [-0.4, -0.2) is 39.7 Å². The van der Waals surface area contributed by atoms with Gasteiger partial charge in [0.2, 0.25) is 15.9 Å². The van der Waals surface area contributed by atoms with Crippen molar-refractivity contribution in [3.05, 3.63) is 58.6 Å². The van der Waals surface area contributed by atoms with E-state index in [0.29, 0.717) is 17.3 Å². The Hall–Kier alpha value is -2.25. The highest BCUT2D eigenvalue weighted by atomic mass is 35.5. The molecular formula is C22H30ClN3O3S. The van der Waals surface area contributed by atoms with E-state index < -0.39 is 16.1 Å².